The van der Waals surface area contributed by atoms with Gasteiger partial charge in [-0.3, -0.25) is 4.79 Å². The standard InChI is InChI=1S/C15H22N2O2/c1-11-3-4-13(14(9-11)19-2)10-17-15(18)12-5-7-16-8-6-12/h3-4,9,12,16H,5-8,10H2,1-2H3,(H,17,18). The summed E-state index contributed by atoms with van der Waals surface area (Å²) in [6, 6.07) is 6.04. The van der Waals surface area contributed by atoms with Gasteiger partial charge in [0.1, 0.15) is 5.75 Å². The number of rotatable bonds is 4. The SMILES string of the molecule is COc1cc(C)ccc1CNC(=O)C1CCNCC1. The predicted molar refractivity (Wildman–Crippen MR) is 75.2 cm³/mol. The van der Waals surface area contributed by atoms with Crippen LogP contribution in [0.2, 0.25) is 0 Å². The lowest BCUT2D eigenvalue weighted by Gasteiger charge is -2.22. The van der Waals surface area contributed by atoms with Crippen LogP contribution in [0.3, 0.4) is 0 Å². The highest BCUT2D eigenvalue weighted by molar-refractivity contribution is 5.78. The van der Waals surface area contributed by atoms with Crippen molar-refractivity contribution in [1.29, 1.82) is 0 Å². The third-order valence-electron chi connectivity index (χ3n) is 3.61. The van der Waals surface area contributed by atoms with Gasteiger partial charge in [0, 0.05) is 18.0 Å². The maximum Gasteiger partial charge on any atom is 0.223 e. The van der Waals surface area contributed by atoms with E-state index < -0.39 is 0 Å². The monoisotopic (exact) mass is 262 g/mol. The van der Waals surface area contributed by atoms with Crippen molar-refractivity contribution >= 4 is 5.91 Å². The van der Waals surface area contributed by atoms with E-state index >= 15 is 0 Å². The second-order valence-electron chi connectivity index (χ2n) is 5.06. The molecule has 2 rings (SSSR count). The summed E-state index contributed by atoms with van der Waals surface area (Å²) in [4.78, 5) is 12.1. The molecule has 0 unspecified atom stereocenters. The Kier molecular flexibility index (Phi) is 4.80. The first-order valence-electron chi connectivity index (χ1n) is 6.82. The van der Waals surface area contributed by atoms with Gasteiger partial charge in [0.2, 0.25) is 5.91 Å². The first-order chi connectivity index (χ1) is 9.20. The van der Waals surface area contributed by atoms with Crippen LogP contribution in [0.15, 0.2) is 18.2 Å². The topological polar surface area (TPSA) is 50.4 Å². The van der Waals surface area contributed by atoms with Crippen LogP contribution in [0.25, 0.3) is 0 Å². The van der Waals surface area contributed by atoms with Gasteiger partial charge in [-0.2, -0.15) is 0 Å². The number of hydrogen-bond acceptors (Lipinski definition) is 3. The van der Waals surface area contributed by atoms with E-state index in [1.54, 1.807) is 7.11 Å². The Balaban J connectivity index is 1.92. The summed E-state index contributed by atoms with van der Waals surface area (Å²) in [6.45, 7) is 4.43. The minimum Gasteiger partial charge on any atom is -0.496 e. The van der Waals surface area contributed by atoms with E-state index in [0.29, 0.717) is 6.54 Å². The molecule has 1 heterocycles. The average molecular weight is 262 g/mol. The highest BCUT2D eigenvalue weighted by Gasteiger charge is 2.20. The van der Waals surface area contributed by atoms with Crippen LogP contribution in [-0.2, 0) is 11.3 Å². The van der Waals surface area contributed by atoms with Crippen LogP contribution in [0.5, 0.6) is 5.75 Å². The van der Waals surface area contributed by atoms with Gasteiger partial charge < -0.3 is 15.4 Å². The minimum atomic E-state index is 0.151. The second-order valence-corrected chi connectivity index (χ2v) is 5.06. The van der Waals surface area contributed by atoms with Crippen LogP contribution >= 0.6 is 0 Å². The lowest BCUT2D eigenvalue weighted by atomic mass is 9.97. The van der Waals surface area contributed by atoms with Crippen molar-refractivity contribution < 1.29 is 9.53 Å². The van der Waals surface area contributed by atoms with Crippen LogP contribution < -0.4 is 15.4 Å². The number of nitrogens with one attached hydrogen (secondary N) is 2. The molecule has 0 bridgehead atoms. The molecule has 1 saturated heterocycles. The fourth-order valence-corrected chi connectivity index (χ4v) is 2.41. The number of hydrogen-bond donors (Lipinski definition) is 2. The van der Waals surface area contributed by atoms with Crippen molar-refractivity contribution in [1.82, 2.24) is 10.6 Å². The number of methoxy groups -OCH3 is 1. The Morgan fingerprint density at radius 1 is 1.42 bits per heavy atom. The molecule has 104 valence electrons. The van der Waals surface area contributed by atoms with E-state index in [4.69, 9.17) is 4.74 Å². The first-order valence-corrected chi connectivity index (χ1v) is 6.82. The fraction of sp³-hybridized carbons (Fsp3) is 0.533. The Morgan fingerprint density at radius 2 is 2.16 bits per heavy atom. The zero-order valence-electron chi connectivity index (χ0n) is 11.7. The van der Waals surface area contributed by atoms with Gasteiger partial charge in [0.05, 0.1) is 7.11 Å². The van der Waals surface area contributed by atoms with Gasteiger partial charge >= 0.3 is 0 Å². The molecule has 0 aliphatic carbocycles. The zero-order chi connectivity index (χ0) is 13.7. The number of amides is 1. The van der Waals surface area contributed by atoms with Gasteiger partial charge in [0.25, 0.3) is 0 Å². The van der Waals surface area contributed by atoms with E-state index in [-0.39, 0.29) is 11.8 Å². The van der Waals surface area contributed by atoms with Gasteiger partial charge in [-0.1, -0.05) is 12.1 Å². The van der Waals surface area contributed by atoms with Crippen molar-refractivity contribution in [3.8, 4) is 5.75 Å². The number of carbonyl (C=O) groups is 1. The lowest BCUT2D eigenvalue weighted by molar-refractivity contribution is -0.125. The van der Waals surface area contributed by atoms with Gasteiger partial charge in [-0.25, -0.2) is 0 Å². The molecule has 1 aliphatic rings. The molecule has 0 atom stereocenters. The van der Waals surface area contributed by atoms with E-state index in [1.165, 1.54) is 0 Å². The maximum atomic E-state index is 12.1. The second kappa shape index (κ2) is 6.57. The van der Waals surface area contributed by atoms with Crippen LogP contribution in [0, 0.1) is 12.8 Å². The van der Waals surface area contributed by atoms with Gasteiger partial charge in [0.15, 0.2) is 0 Å². The predicted octanol–water partition coefficient (Wildman–Crippen LogP) is 1.62. The Morgan fingerprint density at radius 3 is 2.84 bits per heavy atom. The third kappa shape index (κ3) is 3.70. The fourth-order valence-electron chi connectivity index (χ4n) is 2.41. The van der Waals surface area contributed by atoms with Crippen molar-refractivity contribution in [2.24, 2.45) is 5.92 Å². The largest absolute Gasteiger partial charge is 0.496 e. The van der Waals surface area contributed by atoms with Crippen molar-refractivity contribution in [2.45, 2.75) is 26.3 Å². The number of carbonyl (C=O) groups excluding carboxylic acids is 1. The Hall–Kier alpha value is -1.55. The molecular formula is C15H22N2O2. The summed E-state index contributed by atoms with van der Waals surface area (Å²) < 4.78 is 5.34. The molecule has 1 fully saturated rings. The van der Waals surface area contributed by atoms with E-state index in [1.807, 2.05) is 25.1 Å². The van der Waals surface area contributed by atoms with E-state index in [0.717, 1.165) is 42.8 Å². The van der Waals surface area contributed by atoms with Gasteiger partial charge in [-0.15, -0.1) is 0 Å². The van der Waals surface area contributed by atoms with Crippen molar-refractivity contribution in [2.75, 3.05) is 20.2 Å². The molecule has 1 amide bonds. The quantitative estimate of drug-likeness (QED) is 0.867. The number of benzene rings is 1. The van der Waals surface area contributed by atoms with Crippen molar-refractivity contribution in [3.63, 3.8) is 0 Å². The summed E-state index contributed by atoms with van der Waals surface area (Å²) in [5.41, 5.74) is 2.18. The molecule has 4 nitrogen and oxygen atoms in total. The summed E-state index contributed by atoms with van der Waals surface area (Å²) >= 11 is 0. The molecule has 1 aromatic rings. The lowest BCUT2D eigenvalue weighted by Crippen LogP contribution is -2.37. The molecule has 0 radical (unpaired) electrons. The van der Waals surface area contributed by atoms with Crippen LogP contribution in [0.4, 0.5) is 0 Å². The molecule has 0 spiro atoms. The first kappa shape index (κ1) is 13.9. The smallest absolute Gasteiger partial charge is 0.223 e. The maximum absolute atomic E-state index is 12.1. The minimum absolute atomic E-state index is 0.151. The molecule has 19 heavy (non-hydrogen) atoms. The molecule has 4 heteroatoms. The number of ether oxygens (including phenoxy) is 1. The third-order valence-corrected chi connectivity index (χ3v) is 3.61. The number of piperidine rings is 1. The molecule has 0 saturated carbocycles. The molecule has 1 aliphatic heterocycles. The average Bonchev–Trinajstić information content (AvgIpc) is 2.46. The summed E-state index contributed by atoms with van der Waals surface area (Å²) in [7, 11) is 1.66. The van der Waals surface area contributed by atoms with Crippen LogP contribution in [0.1, 0.15) is 24.0 Å². The Labute approximate surface area is 114 Å². The highest BCUT2D eigenvalue weighted by atomic mass is 16.5. The Bertz CT molecular complexity index is 440. The normalized spacial score (nSPS) is 16.1. The van der Waals surface area contributed by atoms with E-state index in [9.17, 15) is 4.79 Å². The molecule has 1 aromatic carbocycles. The summed E-state index contributed by atoms with van der Waals surface area (Å²) in [6.07, 6.45) is 1.85. The summed E-state index contributed by atoms with van der Waals surface area (Å²) in [5.74, 6) is 1.15. The molecule has 2 N–H and O–H groups in total. The molecule has 0 aromatic heterocycles. The van der Waals surface area contributed by atoms with E-state index in [2.05, 4.69) is 10.6 Å². The highest BCUT2D eigenvalue weighted by Crippen LogP contribution is 2.20. The molecular weight excluding hydrogens is 240 g/mol. The summed E-state index contributed by atoms with van der Waals surface area (Å²) in [5, 5.41) is 6.28. The van der Waals surface area contributed by atoms with Gasteiger partial charge in [-0.05, 0) is 44.5 Å². The van der Waals surface area contributed by atoms with Crippen molar-refractivity contribution in [3.05, 3.63) is 29.3 Å². The zero-order valence-corrected chi connectivity index (χ0v) is 11.7. The number of aryl methyl sites for hydroxylation is 1. The van der Waals surface area contributed by atoms with Crippen LogP contribution in [-0.4, -0.2) is 26.1 Å².